The molecule has 0 aliphatic carbocycles. The molecule has 0 unspecified atom stereocenters. The Hall–Kier alpha value is -2.07. The van der Waals surface area contributed by atoms with Gasteiger partial charge in [-0.1, -0.05) is 0 Å². The molecule has 0 bridgehead atoms. The summed E-state index contributed by atoms with van der Waals surface area (Å²) in [6.45, 7) is 5.22. The fourth-order valence-corrected chi connectivity index (χ4v) is 2.50. The highest BCUT2D eigenvalue weighted by Crippen LogP contribution is 2.08. The Morgan fingerprint density at radius 3 is 2.57 bits per heavy atom. The summed E-state index contributed by atoms with van der Waals surface area (Å²) in [6, 6.07) is 0. The maximum Gasteiger partial charge on any atom is 0.244 e. The van der Waals surface area contributed by atoms with Gasteiger partial charge >= 0.3 is 0 Å². The molecular formula is C11H17N7O2S. The van der Waals surface area contributed by atoms with Crippen molar-refractivity contribution in [1.29, 1.82) is 0 Å². The van der Waals surface area contributed by atoms with Crippen LogP contribution < -0.4 is 10.0 Å². The zero-order valence-electron chi connectivity index (χ0n) is 11.8. The molecule has 0 aliphatic heterocycles. The predicted molar refractivity (Wildman–Crippen MR) is 75.9 cm³/mol. The lowest BCUT2D eigenvalue weighted by Gasteiger charge is -2.07. The fourth-order valence-electron chi connectivity index (χ4n) is 1.63. The lowest BCUT2D eigenvalue weighted by Crippen LogP contribution is -2.25. The minimum Gasteiger partial charge on any atom is -0.355 e. The molecule has 2 N–H and O–H groups in total. The standard InChI is InChI=1S/C11H17N7O2S/c1-3-12-11-13-5-9(6-14-11)21(19,20)16-7-10-17-15-8-18(10)4-2/h5-6,8,16H,3-4,7H2,1-2H3,(H,12,13,14). The van der Waals surface area contributed by atoms with Crippen molar-refractivity contribution in [3.63, 3.8) is 0 Å². The first-order valence-electron chi connectivity index (χ1n) is 6.49. The van der Waals surface area contributed by atoms with Crippen molar-refractivity contribution in [2.75, 3.05) is 11.9 Å². The molecule has 0 fully saturated rings. The molecule has 9 nitrogen and oxygen atoms in total. The minimum absolute atomic E-state index is 0.00622. The monoisotopic (exact) mass is 311 g/mol. The van der Waals surface area contributed by atoms with Crippen molar-refractivity contribution >= 4 is 16.0 Å². The molecule has 0 atom stereocenters. The van der Waals surface area contributed by atoms with Crippen LogP contribution in [0.25, 0.3) is 0 Å². The number of hydrogen-bond donors (Lipinski definition) is 2. The average molecular weight is 311 g/mol. The van der Waals surface area contributed by atoms with Crippen LogP contribution in [0.1, 0.15) is 19.7 Å². The van der Waals surface area contributed by atoms with Gasteiger partial charge in [-0.15, -0.1) is 10.2 Å². The summed E-state index contributed by atoms with van der Waals surface area (Å²) in [5, 5.41) is 10.5. The van der Waals surface area contributed by atoms with Gasteiger partial charge in [0.2, 0.25) is 16.0 Å². The van der Waals surface area contributed by atoms with E-state index in [1.165, 1.54) is 12.4 Å². The maximum absolute atomic E-state index is 12.1. The molecular weight excluding hydrogens is 294 g/mol. The summed E-state index contributed by atoms with van der Waals surface area (Å²) < 4.78 is 28.5. The zero-order chi connectivity index (χ0) is 15.3. The van der Waals surface area contributed by atoms with E-state index in [4.69, 9.17) is 0 Å². The van der Waals surface area contributed by atoms with Crippen LogP contribution in [-0.4, -0.2) is 39.7 Å². The third-order valence-corrected chi connectivity index (χ3v) is 4.09. The third-order valence-electron chi connectivity index (χ3n) is 2.73. The molecule has 21 heavy (non-hydrogen) atoms. The van der Waals surface area contributed by atoms with Gasteiger partial charge in [0.25, 0.3) is 0 Å². The first-order chi connectivity index (χ1) is 10.1. The summed E-state index contributed by atoms with van der Waals surface area (Å²) in [4.78, 5) is 7.88. The summed E-state index contributed by atoms with van der Waals surface area (Å²) in [5.74, 6) is 0.938. The van der Waals surface area contributed by atoms with Crippen molar-refractivity contribution in [3.05, 3.63) is 24.5 Å². The first kappa shape index (κ1) is 15.3. The Labute approximate surface area is 122 Å². The largest absolute Gasteiger partial charge is 0.355 e. The predicted octanol–water partition coefficient (Wildman–Crippen LogP) is -0.00170. The highest BCUT2D eigenvalue weighted by atomic mass is 32.2. The number of anilines is 1. The summed E-state index contributed by atoms with van der Waals surface area (Å²) >= 11 is 0. The van der Waals surface area contributed by atoms with Gasteiger partial charge in [-0.3, -0.25) is 0 Å². The molecule has 2 rings (SSSR count). The second-order valence-electron chi connectivity index (χ2n) is 4.13. The van der Waals surface area contributed by atoms with Gasteiger partial charge in [0.05, 0.1) is 18.9 Å². The van der Waals surface area contributed by atoms with Crippen molar-refractivity contribution in [3.8, 4) is 0 Å². The molecule has 114 valence electrons. The Balaban J connectivity index is 2.07. The molecule has 10 heteroatoms. The van der Waals surface area contributed by atoms with Crippen LogP contribution in [0.15, 0.2) is 23.6 Å². The SMILES string of the molecule is CCNc1ncc(S(=O)(=O)NCc2nncn2CC)cn1. The molecule has 0 saturated heterocycles. The van der Waals surface area contributed by atoms with Gasteiger partial charge in [-0.25, -0.2) is 23.1 Å². The second-order valence-corrected chi connectivity index (χ2v) is 5.90. The number of aryl methyl sites for hydroxylation is 1. The maximum atomic E-state index is 12.1. The Bertz CT molecular complexity index is 681. The molecule has 0 saturated carbocycles. The third kappa shape index (κ3) is 3.73. The topological polar surface area (TPSA) is 115 Å². The Kier molecular flexibility index (Phi) is 4.81. The van der Waals surface area contributed by atoms with E-state index in [2.05, 4.69) is 30.2 Å². The number of sulfonamides is 1. The van der Waals surface area contributed by atoms with E-state index in [1.807, 2.05) is 13.8 Å². The Morgan fingerprint density at radius 1 is 1.24 bits per heavy atom. The van der Waals surface area contributed by atoms with Crippen LogP contribution in [0.3, 0.4) is 0 Å². The lowest BCUT2D eigenvalue weighted by atomic mass is 10.6. The van der Waals surface area contributed by atoms with Crippen LogP contribution in [-0.2, 0) is 23.1 Å². The number of nitrogens with zero attached hydrogens (tertiary/aromatic N) is 5. The summed E-state index contributed by atoms with van der Waals surface area (Å²) in [5.41, 5.74) is 0. The highest BCUT2D eigenvalue weighted by Gasteiger charge is 2.16. The summed E-state index contributed by atoms with van der Waals surface area (Å²) in [6.07, 6.45) is 4.08. The van der Waals surface area contributed by atoms with Crippen molar-refractivity contribution < 1.29 is 8.42 Å². The van der Waals surface area contributed by atoms with Crippen molar-refractivity contribution in [2.24, 2.45) is 0 Å². The van der Waals surface area contributed by atoms with Gasteiger partial charge in [0.15, 0.2) is 0 Å². The zero-order valence-corrected chi connectivity index (χ0v) is 12.6. The molecule has 0 amide bonds. The fraction of sp³-hybridized carbons (Fsp3) is 0.455. The van der Waals surface area contributed by atoms with E-state index in [0.29, 0.717) is 24.9 Å². The van der Waals surface area contributed by atoms with E-state index in [0.717, 1.165) is 0 Å². The van der Waals surface area contributed by atoms with E-state index in [-0.39, 0.29) is 11.4 Å². The van der Waals surface area contributed by atoms with E-state index < -0.39 is 10.0 Å². The number of rotatable bonds is 7. The molecule has 2 heterocycles. The highest BCUT2D eigenvalue weighted by molar-refractivity contribution is 7.89. The van der Waals surface area contributed by atoms with Crippen molar-refractivity contribution in [2.45, 2.75) is 31.8 Å². The molecule has 0 aliphatic rings. The normalized spacial score (nSPS) is 11.5. The van der Waals surface area contributed by atoms with E-state index in [1.54, 1.807) is 10.9 Å². The van der Waals surface area contributed by atoms with Crippen LogP contribution in [0.5, 0.6) is 0 Å². The summed E-state index contributed by atoms with van der Waals surface area (Å²) in [7, 11) is -3.68. The van der Waals surface area contributed by atoms with Gasteiger partial charge < -0.3 is 9.88 Å². The van der Waals surface area contributed by atoms with Crippen molar-refractivity contribution in [1.82, 2.24) is 29.5 Å². The van der Waals surface area contributed by atoms with Crippen LogP contribution in [0.2, 0.25) is 0 Å². The average Bonchev–Trinajstić information content (AvgIpc) is 2.94. The van der Waals surface area contributed by atoms with Crippen LogP contribution in [0, 0.1) is 0 Å². The molecule has 0 spiro atoms. The van der Waals surface area contributed by atoms with Gasteiger partial charge in [-0.05, 0) is 13.8 Å². The van der Waals surface area contributed by atoms with E-state index >= 15 is 0 Å². The van der Waals surface area contributed by atoms with Crippen LogP contribution in [0.4, 0.5) is 5.95 Å². The number of aromatic nitrogens is 5. The van der Waals surface area contributed by atoms with Crippen LogP contribution >= 0.6 is 0 Å². The lowest BCUT2D eigenvalue weighted by molar-refractivity contribution is 0.574. The number of hydrogen-bond acceptors (Lipinski definition) is 7. The first-order valence-corrected chi connectivity index (χ1v) is 7.97. The smallest absolute Gasteiger partial charge is 0.244 e. The van der Waals surface area contributed by atoms with Gasteiger partial charge in [-0.2, -0.15) is 0 Å². The molecule has 0 aromatic carbocycles. The van der Waals surface area contributed by atoms with Gasteiger partial charge in [0.1, 0.15) is 17.0 Å². The second kappa shape index (κ2) is 6.59. The molecule has 2 aromatic rings. The van der Waals surface area contributed by atoms with E-state index in [9.17, 15) is 8.42 Å². The molecule has 0 radical (unpaired) electrons. The minimum atomic E-state index is -3.68. The molecule has 2 aromatic heterocycles. The number of nitrogens with one attached hydrogen (secondary N) is 2. The van der Waals surface area contributed by atoms with Gasteiger partial charge in [0, 0.05) is 13.1 Å². The quantitative estimate of drug-likeness (QED) is 0.739. The Morgan fingerprint density at radius 2 is 1.95 bits per heavy atom.